The summed E-state index contributed by atoms with van der Waals surface area (Å²) in [7, 11) is -3.76. The summed E-state index contributed by atoms with van der Waals surface area (Å²) in [5.41, 5.74) is 2.83. The highest BCUT2D eigenvalue weighted by Gasteiger charge is 2.16. The maximum Gasteiger partial charge on any atom is 0.261 e. The summed E-state index contributed by atoms with van der Waals surface area (Å²) in [4.78, 5) is 12.5. The first-order chi connectivity index (χ1) is 14.3. The molecule has 1 amide bonds. The second-order valence-corrected chi connectivity index (χ2v) is 8.56. The van der Waals surface area contributed by atoms with Gasteiger partial charge in [0.15, 0.2) is 0 Å². The first-order valence-corrected chi connectivity index (χ1v) is 11.0. The van der Waals surface area contributed by atoms with Gasteiger partial charge in [-0.3, -0.25) is 9.52 Å². The molecule has 0 aromatic heterocycles. The van der Waals surface area contributed by atoms with E-state index >= 15 is 0 Å². The van der Waals surface area contributed by atoms with Crippen LogP contribution in [0.1, 0.15) is 17.5 Å². The average molecular weight is 425 g/mol. The predicted octanol–water partition coefficient (Wildman–Crippen LogP) is 4.51. The van der Waals surface area contributed by atoms with Crippen molar-refractivity contribution in [3.63, 3.8) is 0 Å². The summed E-state index contributed by atoms with van der Waals surface area (Å²) in [6.45, 7) is 4.18. The van der Waals surface area contributed by atoms with E-state index in [1.165, 1.54) is 12.1 Å². The van der Waals surface area contributed by atoms with Crippen LogP contribution < -0.4 is 14.8 Å². The summed E-state index contributed by atoms with van der Waals surface area (Å²) in [5, 5.41) is 2.75. The summed E-state index contributed by atoms with van der Waals surface area (Å²) in [6, 6.07) is 20.6. The van der Waals surface area contributed by atoms with Crippen LogP contribution in [0.15, 0.2) is 77.7 Å². The van der Waals surface area contributed by atoms with E-state index in [2.05, 4.69) is 10.0 Å². The molecule has 0 spiro atoms. The number of aryl methyl sites for hydroxylation is 2. The van der Waals surface area contributed by atoms with Crippen molar-refractivity contribution >= 4 is 27.3 Å². The van der Waals surface area contributed by atoms with Gasteiger partial charge in [-0.15, -0.1) is 0 Å². The van der Waals surface area contributed by atoms with Crippen LogP contribution in [-0.2, 0) is 14.8 Å². The van der Waals surface area contributed by atoms with Crippen molar-refractivity contribution < 1.29 is 17.9 Å². The number of benzene rings is 3. The predicted molar refractivity (Wildman–Crippen MR) is 118 cm³/mol. The number of anilines is 2. The van der Waals surface area contributed by atoms with Gasteiger partial charge >= 0.3 is 0 Å². The minimum atomic E-state index is -3.76. The molecule has 156 valence electrons. The molecule has 0 radical (unpaired) electrons. The molecular formula is C23H24N2O4S. The zero-order valence-corrected chi connectivity index (χ0v) is 17.7. The van der Waals surface area contributed by atoms with Crippen molar-refractivity contribution in [2.75, 3.05) is 16.6 Å². The van der Waals surface area contributed by atoms with Crippen molar-refractivity contribution in [3.05, 3.63) is 83.9 Å². The molecule has 0 aliphatic heterocycles. The lowest BCUT2D eigenvalue weighted by Crippen LogP contribution is -2.18. The van der Waals surface area contributed by atoms with E-state index in [-0.39, 0.29) is 23.8 Å². The Labute approximate surface area is 177 Å². The molecule has 2 N–H and O–H groups in total. The topological polar surface area (TPSA) is 84.5 Å². The Morgan fingerprint density at radius 3 is 2.27 bits per heavy atom. The lowest BCUT2D eigenvalue weighted by Gasteiger charge is -2.14. The quantitative estimate of drug-likeness (QED) is 0.557. The molecule has 0 saturated carbocycles. The monoisotopic (exact) mass is 424 g/mol. The Kier molecular flexibility index (Phi) is 6.74. The molecule has 6 nitrogen and oxygen atoms in total. The number of nitrogens with one attached hydrogen (secondary N) is 2. The van der Waals surface area contributed by atoms with Crippen LogP contribution in [-0.4, -0.2) is 20.9 Å². The highest BCUT2D eigenvalue weighted by atomic mass is 32.2. The molecule has 3 rings (SSSR count). The standard InChI is InChI=1S/C23H24N2O4S/c1-17-12-13-22(18(2)16-17)29-15-14-23(26)24-20-10-6-7-11-21(20)25-30(27,28)19-8-4-3-5-9-19/h3-13,16,25H,14-15H2,1-2H3,(H,24,26). The van der Waals surface area contributed by atoms with E-state index in [4.69, 9.17) is 4.74 Å². The SMILES string of the molecule is Cc1ccc(OCCC(=O)Nc2ccccc2NS(=O)(=O)c2ccccc2)c(C)c1. The van der Waals surface area contributed by atoms with E-state index in [1.807, 2.05) is 32.0 Å². The van der Waals surface area contributed by atoms with Gasteiger partial charge in [-0.05, 0) is 49.7 Å². The third kappa shape index (κ3) is 5.61. The van der Waals surface area contributed by atoms with Gasteiger partial charge in [0.1, 0.15) is 5.75 Å². The van der Waals surface area contributed by atoms with Gasteiger partial charge in [-0.25, -0.2) is 8.42 Å². The molecule has 0 bridgehead atoms. The van der Waals surface area contributed by atoms with Gasteiger partial charge in [-0.1, -0.05) is 48.0 Å². The van der Waals surface area contributed by atoms with Crippen LogP contribution in [0.5, 0.6) is 5.75 Å². The van der Waals surface area contributed by atoms with Gasteiger partial charge < -0.3 is 10.1 Å². The summed E-state index contributed by atoms with van der Waals surface area (Å²) in [5.74, 6) is 0.468. The average Bonchev–Trinajstić information content (AvgIpc) is 2.71. The molecule has 0 saturated heterocycles. The molecule has 7 heteroatoms. The largest absolute Gasteiger partial charge is 0.493 e. The third-order valence-electron chi connectivity index (χ3n) is 4.42. The Balaban J connectivity index is 1.62. The van der Waals surface area contributed by atoms with Crippen LogP contribution in [0.2, 0.25) is 0 Å². The molecule has 30 heavy (non-hydrogen) atoms. The Bertz CT molecular complexity index is 1130. The second kappa shape index (κ2) is 9.45. The van der Waals surface area contributed by atoms with Gasteiger partial charge in [0.25, 0.3) is 10.0 Å². The van der Waals surface area contributed by atoms with Crippen LogP contribution in [0.25, 0.3) is 0 Å². The van der Waals surface area contributed by atoms with Crippen molar-refractivity contribution in [2.45, 2.75) is 25.2 Å². The number of carbonyl (C=O) groups is 1. The van der Waals surface area contributed by atoms with E-state index in [0.29, 0.717) is 11.4 Å². The molecule has 0 aliphatic rings. The summed E-state index contributed by atoms with van der Waals surface area (Å²) < 4.78 is 33.4. The number of carbonyl (C=O) groups excluding carboxylic acids is 1. The molecule has 3 aromatic rings. The normalized spacial score (nSPS) is 11.0. The van der Waals surface area contributed by atoms with Crippen molar-refractivity contribution in [1.29, 1.82) is 0 Å². The summed E-state index contributed by atoms with van der Waals surface area (Å²) >= 11 is 0. The van der Waals surface area contributed by atoms with Crippen LogP contribution in [0.4, 0.5) is 11.4 Å². The van der Waals surface area contributed by atoms with Gasteiger partial charge in [0.05, 0.1) is 29.3 Å². The molecule has 0 atom stereocenters. The number of hydrogen-bond acceptors (Lipinski definition) is 4. The number of para-hydroxylation sites is 2. The van der Waals surface area contributed by atoms with Crippen LogP contribution >= 0.6 is 0 Å². The Morgan fingerprint density at radius 2 is 1.57 bits per heavy atom. The van der Waals surface area contributed by atoms with Crippen molar-refractivity contribution in [3.8, 4) is 5.75 Å². The van der Waals surface area contributed by atoms with Crippen molar-refractivity contribution in [2.24, 2.45) is 0 Å². The first-order valence-electron chi connectivity index (χ1n) is 9.52. The molecule has 0 fully saturated rings. The van der Waals surface area contributed by atoms with Crippen LogP contribution in [0, 0.1) is 13.8 Å². The highest BCUT2D eigenvalue weighted by molar-refractivity contribution is 7.92. The van der Waals surface area contributed by atoms with Crippen molar-refractivity contribution in [1.82, 2.24) is 0 Å². The van der Waals surface area contributed by atoms with E-state index in [9.17, 15) is 13.2 Å². The van der Waals surface area contributed by atoms with Gasteiger partial charge in [0.2, 0.25) is 5.91 Å². The number of hydrogen-bond donors (Lipinski definition) is 2. The minimum absolute atomic E-state index is 0.132. The lowest BCUT2D eigenvalue weighted by atomic mass is 10.1. The zero-order valence-electron chi connectivity index (χ0n) is 16.9. The number of rotatable bonds is 8. The fourth-order valence-electron chi connectivity index (χ4n) is 2.91. The second-order valence-electron chi connectivity index (χ2n) is 6.88. The maximum absolute atomic E-state index is 12.6. The summed E-state index contributed by atoms with van der Waals surface area (Å²) in [6.07, 6.45) is 0.132. The Morgan fingerprint density at radius 1 is 0.900 bits per heavy atom. The van der Waals surface area contributed by atoms with Crippen LogP contribution in [0.3, 0.4) is 0 Å². The van der Waals surface area contributed by atoms with E-state index < -0.39 is 10.0 Å². The fraction of sp³-hybridized carbons (Fsp3) is 0.174. The minimum Gasteiger partial charge on any atom is -0.493 e. The number of sulfonamides is 1. The van der Waals surface area contributed by atoms with Gasteiger partial charge in [0, 0.05) is 0 Å². The zero-order chi connectivity index (χ0) is 21.6. The molecule has 0 aliphatic carbocycles. The lowest BCUT2D eigenvalue weighted by molar-refractivity contribution is -0.116. The third-order valence-corrected chi connectivity index (χ3v) is 5.80. The fourth-order valence-corrected chi connectivity index (χ4v) is 4.01. The van der Waals surface area contributed by atoms with E-state index in [0.717, 1.165) is 16.9 Å². The van der Waals surface area contributed by atoms with Gasteiger partial charge in [-0.2, -0.15) is 0 Å². The molecular weight excluding hydrogens is 400 g/mol. The number of amides is 1. The highest BCUT2D eigenvalue weighted by Crippen LogP contribution is 2.25. The maximum atomic E-state index is 12.6. The Hall–Kier alpha value is -3.32. The molecule has 3 aromatic carbocycles. The molecule has 0 unspecified atom stereocenters. The smallest absolute Gasteiger partial charge is 0.261 e. The van der Waals surface area contributed by atoms with E-state index in [1.54, 1.807) is 42.5 Å². The number of ether oxygens (including phenoxy) is 1. The molecule has 0 heterocycles. The first kappa shape index (κ1) is 21.4.